The van der Waals surface area contributed by atoms with E-state index in [-0.39, 0.29) is 6.10 Å². The quantitative estimate of drug-likeness (QED) is 0.820. The van der Waals surface area contributed by atoms with Gasteiger partial charge in [-0.3, -0.25) is 18.9 Å². The molecule has 9 heteroatoms. The van der Waals surface area contributed by atoms with Crippen LogP contribution in [0.5, 0.6) is 0 Å². The molecule has 2 atom stereocenters. The van der Waals surface area contributed by atoms with Gasteiger partial charge < -0.3 is 13.8 Å². The summed E-state index contributed by atoms with van der Waals surface area (Å²) in [4.78, 5) is 24.9. The first-order valence-corrected chi connectivity index (χ1v) is 7.96. The smallest absolute Gasteiger partial charge is 0.351 e. The SMILES string of the molecule is COP(=O)(/C=C/[C@@H]1CC[C@H](n2ccc(=O)[nH]c2=O)O1)OC. The molecule has 0 aromatic carbocycles. The second-order valence-corrected chi connectivity index (χ2v) is 6.58. The Morgan fingerprint density at radius 2 is 2.10 bits per heavy atom. The van der Waals surface area contributed by atoms with Gasteiger partial charge in [0, 0.05) is 32.3 Å². The Kier molecular flexibility index (Phi) is 4.95. The Morgan fingerprint density at radius 3 is 2.71 bits per heavy atom. The van der Waals surface area contributed by atoms with Gasteiger partial charge in [-0.25, -0.2) is 4.79 Å². The van der Waals surface area contributed by atoms with Gasteiger partial charge in [0.1, 0.15) is 6.23 Å². The highest BCUT2D eigenvalue weighted by Gasteiger charge is 2.27. The molecule has 116 valence electrons. The summed E-state index contributed by atoms with van der Waals surface area (Å²) in [5.41, 5.74) is -0.969. The van der Waals surface area contributed by atoms with Crippen LogP contribution in [0.4, 0.5) is 0 Å². The maximum absolute atomic E-state index is 11.9. The van der Waals surface area contributed by atoms with Gasteiger partial charge in [0.2, 0.25) is 0 Å². The van der Waals surface area contributed by atoms with Crippen LogP contribution < -0.4 is 11.2 Å². The number of H-pyrrole nitrogens is 1. The molecule has 0 bridgehead atoms. The minimum absolute atomic E-state index is 0.299. The van der Waals surface area contributed by atoms with E-state index in [9.17, 15) is 14.2 Å². The summed E-state index contributed by atoms with van der Waals surface area (Å²) in [6.45, 7) is 0. The number of ether oxygens (including phenoxy) is 1. The third kappa shape index (κ3) is 3.79. The molecule has 8 nitrogen and oxygen atoms in total. The molecule has 0 saturated carbocycles. The Hall–Kier alpha value is -1.47. The van der Waals surface area contributed by atoms with Crippen LogP contribution in [-0.2, 0) is 18.3 Å². The van der Waals surface area contributed by atoms with E-state index in [2.05, 4.69) is 4.98 Å². The first-order chi connectivity index (χ1) is 9.97. The topological polar surface area (TPSA) is 99.6 Å². The maximum atomic E-state index is 11.9. The van der Waals surface area contributed by atoms with Crippen molar-refractivity contribution in [3.8, 4) is 0 Å². The van der Waals surface area contributed by atoms with Crippen LogP contribution in [0.25, 0.3) is 0 Å². The van der Waals surface area contributed by atoms with Crippen molar-refractivity contribution in [1.29, 1.82) is 0 Å². The van der Waals surface area contributed by atoms with E-state index < -0.39 is 25.1 Å². The first-order valence-electron chi connectivity index (χ1n) is 6.35. The summed E-state index contributed by atoms with van der Waals surface area (Å²) in [5.74, 6) is 1.34. The second kappa shape index (κ2) is 6.53. The largest absolute Gasteiger partial charge is 0.353 e. The molecule has 0 unspecified atom stereocenters. The monoisotopic (exact) mass is 316 g/mol. The lowest BCUT2D eigenvalue weighted by Crippen LogP contribution is -2.31. The molecule has 0 radical (unpaired) electrons. The van der Waals surface area contributed by atoms with Crippen LogP contribution in [0.2, 0.25) is 0 Å². The number of rotatable bonds is 5. The number of hydrogen-bond donors (Lipinski definition) is 1. The average Bonchev–Trinajstić information content (AvgIpc) is 2.93. The van der Waals surface area contributed by atoms with E-state index in [0.717, 1.165) is 0 Å². The highest BCUT2D eigenvalue weighted by molar-refractivity contribution is 7.57. The standard InChI is InChI=1S/C12H17N2O6P/c1-18-21(17,19-2)8-6-9-3-4-11(20-9)14-7-5-10(15)13-12(14)16/h5-9,11H,3-4H2,1-2H3,(H,13,15,16)/b8-6+/t9-,11+/m0/s1. The van der Waals surface area contributed by atoms with Gasteiger partial charge in [0.05, 0.1) is 6.10 Å². The molecule has 1 N–H and O–H groups in total. The minimum Gasteiger partial charge on any atom is -0.351 e. The number of nitrogens with one attached hydrogen (secondary N) is 1. The molecule has 1 aliphatic heterocycles. The van der Waals surface area contributed by atoms with E-state index in [1.54, 1.807) is 6.08 Å². The van der Waals surface area contributed by atoms with Crippen LogP contribution >= 0.6 is 7.60 Å². The van der Waals surface area contributed by atoms with Gasteiger partial charge in [-0.2, -0.15) is 0 Å². The summed E-state index contributed by atoms with van der Waals surface area (Å²) in [6.07, 6.45) is 3.49. The fraction of sp³-hybridized carbons (Fsp3) is 0.500. The zero-order valence-corrected chi connectivity index (χ0v) is 12.6. The third-order valence-electron chi connectivity index (χ3n) is 3.18. The van der Waals surface area contributed by atoms with Gasteiger partial charge in [-0.15, -0.1) is 0 Å². The summed E-state index contributed by atoms with van der Waals surface area (Å²) in [7, 11) is -0.621. The van der Waals surface area contributed by atoms with Crippen molar-refractivity contribution in [2.45, 2.75) is 25.2 Å². The molecule has 0 spiro atoms. The lowest BCUT2D eigenvalue weighted by atomic mass is 10.2. The van der Waals surface area contributed by atoms with E-state index in [0.29, 0.717) is 12.8 Å². The molecule has 2 rings (SSSR count). The Bertz CT molecular complexity index is 671. The van der Waals surface area contributed by atoms with Crippen molar-refractivity contribution in [2.24, 2.45) is 0 Å². The average molecular weight is 316 g/mol. The van der Waals surface area contributed by atoms with Crippen molar-refractivity contribution < 1.29 is 18.3 Å². The Balaban J connectivity index is 2.07. The molecule has 2 heterocycles. The van der Waals surface area contributed by atoms with Crippen LogP contribution in [0.15, 0.2) is 33.7 Å². The van der Waals surface area contributed by atoms with Gasteiger partial charge in [-0.05, 0) is 18.9 Å². The molecule has 1 aromatic rings. The summed E-state index contributed by atoms with van der Waals surface area (Å²) in [6, 6.07) is 1.26. The molecule has 1 aromatic heterocycles. The Morgan fingerprint density at radius 1 is 1.38 bits per heavy atom. The van der Waals surface area contributed by atoms with Gasteiger partial charge in [0.15, 0.2) is 0 Å². The number of nitrogens with zero attached hydrogens (tertiary/aromatic N) is 1. The highest BCUT2D eigenvalue weighted by atomic mass is 31.2. The summed E-state index contributed by atoms with van der Waals surface area (Å²) in [5, 5.41) is 0. The number of hydrogen-bond acceptors (Lipinski definition) is 6. The van der Waals surface area contributed by atoms with Crippen LogP contribution in [0.3, 0.4) is 0 Å². The molecule has 0 aliphatic carbocycles. The van der Waals surface area contributed by atoms with Crippen molar-refractivity contribution in [2.75, 3.05) is 14.2 Å². The fourth-order valence-electron chi connectivity index (χ4n) is 2.04. The maximum Gasteiger partial charge on any atom is 0.353 e. The van der Waals surface area contributed by atoms with Gasteiger partial charge in [-0.1, -0.05) is 0 Å². The van der Waals surface area contributed by atoms with E-state index in [4.69, 9.17) is 13.8 Å². The van der Waals surface area contributed by atoms with E-state index >= 15 is 0 Å². The Labute approximate surface area is 120 Å². The van der Waals surface area contributed by atoms with Crippen LogP contribution in [0, 0.1) is 0 Å². The predicted molar refractivity (Wildman–Crippen MR) is 75.2 cm³/mol. The van der Waals surface area contributed by atoms with Crippen molar-refractivity contribution in [1.82, 2.24) is 9.55 Å². The van der Waals surface area contributed by atoms with Crippen molar-refractivity contribution in [3.63, 3.8) is 0 Å². The first kappa shape index (κ1) is 15.9. The number of aromatic nitrogens is 2. The van der Waals surface area contributed by atoms with Gasteiger partial charge in [0.25, 0.3) is 5.56 Å². The summed E-state index contributed by atoms with van der Waals surface area (Å²) >= 11 is 0. The zero-order valence-electron chi connectivity index (χ0n) is 11.7. The van der Waals surface area contributed by atoms with E-state index in [1.165, 1.54) is 36.9 Å². The third-order valence-corrected chi connectivity index (χ3v) is 4.74. The van der Waals surface area contributed by atoms with Crippen molar-refractivity contribution >= 4 is 7.60 Å². The molecule has 1 saturated heterocycles. The lowest BCUT2D eigenvalue weighted by molar-refractivity contribution is 0.0203. The molecule has 1 aliphatic rings. The second-order valence-electron chi connectivity index (χ2n) is 4.47. The molecule has 21 heavy (non-hydrogen) atoms. The molecule has 0 amide bonds. The van der Waals surface area contributed by atoms with Crippen molar-refractivity contribution in [3.05, 3.63) is 45.0 Å². The van der Waals surface area contributed by atoms with Crippen LogP contribution in [0.1, 0.15) is 19.1 Å². The molecular weight excluding hydrogens is 299 g/mol. The minimum atomic E-state index is -3.22. The molecule has 1 fully saturated rings. The number of aromatic amines is 1. The van der Waals surface area contributed by atoms with Gasteiger partial charge >= 0.3 is 13.3 Å². The van der Waals surface area contributed by atoms with E-state index in [1.807, 2.05) is 0 Å². The predicted octanol–water partition coefficient (Wildman–Crippen LogP) is 1.21. The summed E-state index contributed by atoms with van der Waals surface area (Å²) < 4.78 is 28.4. The highest BCUT2D eigenvalue weighted by Crippen LogP contribution is 2.48. The van der Waals surface area contributed by atoms with Crippen LogP contribution in [-0.4, -0.2) is 29.9 Å². The fourth-order valence-corrected chi connectivity index (χ4v) is 2.84. The zero-order chi connectivity index (χ0) is 15.5. The lowest BCUT2D eigenvalue weighted by Gasteiger charge is -2.14. The normalized spacial score (nSPS) is 23.0. The molecular formula is C12H17N2O6P.